The maximum atomic E-state index is 11.8. The molecule has 3 nitrogen and oxygen atoms in total. The molecule has 4 heteroatoms. The molecule has 2 rings (SSSR count). The topological polar surface area (TPSA) is 55.1 Å². The molecule has 0 spiro atoms. The van der Waals surface area contributed by atoms with Crippen molar-refractivity contribution in [1.29, 1.82) is 0 Å². The number of nitrogens with one attached hydrogen (secondary N) is 1. The van der Waals surface area contributed by atoms with Crippen molar-refractivity contribution in [2.45, 2.75) is 25.3 Å². The predicted molar refractivity (Wildman–Crippen MR) is 61.0 cm³/mol. The van der Waals surface area contributed by atoms with Crippen LogP contribution in [0.1, 0.15) is 30.1 Å². The molecular weight excluding hydrogens is 212 g/mol. The SMILES string of the molecule is CC1(NC(=O)c2ccc(Cl)c(N)c2)CC1. The van der Waals surface area contributed by atoms with Gasteiger partial charge in [0.25, 0.3) is 5.91 Å². The minimum atomic E-state index is -0.0848. The Balaban J connectivity index is 2.15. The first-order chi connectivity index (χ1) is 7.00. The summed E-state index contributed by atoms with van der Waals surface area (Å²) in [5, 5.41) is 3.43. The second kappa shape index (κ2) is 3.42. The zero-order valence-electron chi connectivity index (χ0n) is 8.51. The fraction of sp³-hybridized carbons (Fsp3) is 0.364. The highest BCUT2D eigenvalue weighted by atomic mass is 35.5. The Hall–Kier alpha value is -1.22. The lowest BCUT2D eigenvalue weighted by Crippen LogP contribution is -2.34. The predicted octanol–water partition coefficient (Wildman–Crippen LogP) is 2.20. The highest BCUT2D eigenvalue weighted by molar-refractivity contribution is 6.33. The molecule has 0 aromatic heterocycles. The van der Waals surface area contributed by atoms with Gasteiger partial charge in [0.05, 0.1) is 10.7 Å². The van der Waals surface area contributed by atoms with Gasteiger partial charge >= 0.3 is 0 Å². The average molecular weight is 225 g/mol. The van der Waals surface area contributed by atoms with Crippen LogP contribution in [-0.4, -0.2) is 11.4 Å². The van der Waals surface area contributed by atoms with Crippen molar-refractivity contribution in [2.24, 2.45) is 0 Å². The molecule has 1 aromatic rings. The van der Waals surface area contributed by atoms with Crippen LogP contribution in [0.25, 0.3) is 0 Å². The largest absolute Gasteiger partial charge is 0.398 e. The minimum absolute atomic E-state index is 0.00845. The summed E-state index contributed by atoms with van der Waals surface area (Å²) in [5.41, 5.74) is 6.61. The average Bonchev–Trinajstić information content (AvgIpc) is 2.88. The molecule has 1 fully saturated rings. The molecular formula is C11H13ClN2O. The number of hydrogen-bond donors (Lipinski definition) is 2. The standard InChI is InChI=1S/C11H13ClN2O/c1-11(4-5-11)14-10(15)7-2-3-8(12)9(13)6-7/h2-3,6H,4-5,13H2,1H3,(H,14,15). The van der Waals surface area contributed by atoms with Gasteiger partial charge in [-0.25, -0.2) is 0 Å². The van der Waals surface area contributed by atoms with Gasteiger partial charge in [0.1, 0.15) is 0 Å². The van der Waals surface area contributed by atoms with Crippen LogP contribution in [0.15, 0.2) is 18.2 Å². The van der Waals surface area contributed by atoms with E-state index in [4.69, 9.17) is 17.3 Å². The number of benzene rings is 1. The molecule has 0 aliphatic heterocycles. The number of nitrogen functional groups attached to an aromatic ring is 1. The molecule has 0 atom stereocenters. The molecule has 0 heterocycles. The van der Waals surface area contributed by atoms with E-state index in [9.17, 15) is 4.79 Å². The second-order valence-electron chi connectivity index (χ2n) is 4.25. The molecule has 0 unspecified atom stereocenters. The molecule has 80 valence electrons. The van der Waals surface area contributed by atoms with Gasteiger partial charge in [-0.15, -0.1) is 0 Å². The maximum Gasteiger partial charge on any atom is 0.251 e. The van der Waals surface area contributed by atoms with Crippen LogP contribution >= 0.6 is 11.6 Å². The summed E-state index contributed by atoms with van der Waals surface area (Å²) < 4.78 is 0. The number of halogens is 1. The van der Waals surface area contributed by atoms with Crippen molar-refractivity contribution in [3.8, 4) is 0 Å². The summed E-state index contributed by atoms with van der Waals surface area (Å²) >= 11 is 5.77. The Morgan fingerprint density at radius 3 is 2.73 bits per heavy atom. The van der Waals surface area contributed by atoms with Crippen LogP contribution in [0, 0.1) is 0 Å². The van der Waals surface area contributed by atoms with E-state index < -0.39 is 0 Å². The van der Waals surface area contributed by atoms with Crippen molar-refractivity contribution in [1.82, 2.24) is 5.32 Å². The molecule has 3 N–H and O–H groups in total. The van der Waals surface area contributed by atoms with Crippen molar-refractivity contribution in [3.05, 3.63) is 28.8 Å². The first kappa shape index (κ1) is 10.3. The van der Waals surface area contributed by atoms with Crippen LogP contribution in [0.5, 0.6) is 0 Å². The normalized spacial score (nSPS) is 17.2. The van der Waals surface area contributed by atoms with Gasteiger partial charge in [0.15, 0.2) is 0 Å². The first-order valence-corrected chi connectivity index (χ1v) is 5.25. The van der Waals surface area contributed by atoms with Crippen LogP contribution in [-0.2, 0) is 0 Å². The molecule has 0 saturated heterocycles. The van der Waals surface area contributed by atoms with E-state index in [1.54, 1.807) is 18.2 Å². The zero-order valence-corrected chi connectivity index (χ0v) is 9.27. The van der Waals surface area contributed by atoms with Crippen molar-refractivity contribution in [3.63, 3.8) is 0 Å². The first-order valence-electron chi connectivity index (χ1n) is 4.88. The van der Waals surface area contributed by atoms with Gasteiger partial charge in [-0.1, -0.05) is 11.6 Å². The van der Waals surface area contributed by atoms with Gasteiger partial charge in [0, 0.05) is 11.1 Å². The fourth-order valence-corrected chi connectivity index (χ4v) is 1.46. The van der Waals surface area contributed by atoms with E-state index in [1.165, 1.54) is 0 Å². The zero-order chi connectivity index (χ0) is 11.1. The third-order valence-corrected chi connectivity index (χ3v) is 3.02. The molecule has 15 heavy (non-hydrogen) atoms. The van der Waals surface area contributed by atoms with Crippen molar-refractivity contribution >= 4 is 23.2 Å². The number of rotatable bonds is 2. The van der Waals surface area contributed by atoms with E-state index in [0.717, 1.165) is 12.8 Å². The van der Waals surface area contributed by atoms with Gasteiger partial charge in [-0.3, -0.25) is 4.79 Å². The molecule has 1 aliphatic rings. The minimum Gasteiger partial charge on any atom is -0.398 e. The van der Waals surface area contributed by atoms with Gasteiger partial charge in [0.2, 0.25) is 0 Å². The smallest absolute Gasteiger partial charge is 0.251 e. The summed E-state index contributed by atoms with van der Waals surface area (Å²) in [6, 6.07) is 4.92. The Morgan fingerprint density at radius 2 is 2.20 bits per heavy atom. The number of carbonyl (C=O) groups is 1. The number of nitrogens with two attached hydrogens (primary N) is 1. The Bertz CT molecular complexity index is 413. The molecule has 1 aliphatic carbocycles. The molecule has 0 radical (unpaired) electrons. The lowest BCUT2D eigenvalue weighted by Gasteiger charge is -2.11. The third-order valence-electron chi connectivity index (χ3n) is 2.67. The molecule has 0 bridgehead atoms. The number of hydrogen-bond acceptors (Lipinski definition) is 2. The summed E-state index contributed by atoms with van der Waals surface area (Å²) in [6.07, 6.45) is 2.09. The monoisotopic (exact) mass is 224 g/mol. The van der Waals surface area contributed by atoms with E-state index in [2.05, 4.69) is 5.32 Å². The number of carbonyl (C=O) groups excluding carboxylic acids is 1. The summed E-state index contributed by atoms with van der Waals surface area (Å²) in [7, 11) is 0. The maximum absolute atomic E-state index is 11.8. The molecule has 1 aromatic carbocycles. The Kier molecular flexibility index (Phi) is 2.35. The highest BCUT2D eigenvalue weighted by Crippen LogP contribution is 2.34. The van der Waals surface area contributed by atoms with E-state index in [-0.39, 0.29) is 11.4 Å². The Labute approximate surface area is 93.6 Å². The lowest BCUT2D eigenvalue weighted by molar-refractivity contribution is 0.0935. The summed E-state index contributed by atoms with van der Waals surface area (Å²) in [4.78, 5) is 11.8. The van der Waals surface area contributed by atoms with Crippen LogP contribution < -0.4 is 11.1 Å². The summed E-state index contributed by atoms with van der Waals surface area (Å²) in [6.45, 7) is 2.03. The van der Waals surface area contributed by atoms with Crippen LogP contribution in [0.2, 0.25) is 5.02 Å². The van der Waals surface area contributed by atoms with Crippen molar-refractivity contribution in [2.75, 3.05) is 5.73 Å². The second-order valence-corrected chi connectivity index (χ2v) is 4.66. The van der Waals surface area contributed by atoms with Crippen LogP contribution in [0.4, 0.5) is 5.69 Å². The molecule has 1 saturated carbocycles. The van der Waals surface area contributed by atoms with E-state index in [1.807, 2.05) is 6.92 Å². The lowest BCUT2D eigenvalue weighted by atomic mass is 10.1. The number of anilines is 1. The quantitative estimate of drug-likeness (QED) is 0.757. The van der Waals surface area contributed by atoms with Gasteiger partial charge < -0.3 is 11.1 Å². The fourth-order valence-electron chi connectivity index (χ4n) is 1.34. The highest BCUT2D eigenvalue weighted by Gasteiger charge is 2.38. The van der Waals surface area contributed by atoms with Crippen molar-refractivity contribution < 1.29 is 4.79 Å². The number of amides is 1. The Morgan fingerprint density at radius 1 is 1.53 bits per heavy atom. The third kappa shape index (κ3) is 2.23. The van der Waals surface area contributed by atoms with Gasteiger partial charge in [-0.2, -0.15) is 0 Å². The van der Waals surface area contributed by atoms with E-state index >= 15 is 0 Å². The van der Waals surface area contributed by atoms with Gasteiger partial charge in [-0.05, 0) is 38.0 Å². The van der Waals surface area contributed by atoms with Crippen LogP contribution in [0.3, 0.4) is 0 Å². The summed E-state index contributed by atoms with van der Waals surface area (Å²) in [5.74, 6) is -0.0848. The molecule has 1 amide bonds. The van der Waals surface area contributed by atoms with E-state index in [0.29, 0.717) is 16.3 Å².